The van der Waals surface area contributed by atoms with Crippen LogP contribution in [-0.4, -0.2) is 55.5 Å². The molecule has 0 saturated heterocycles. The molecule has 2 amide bonds. The Hall–Kier alpha value is -3.39. The number of alkyl carbamates (subject to hydrolysis) is 1. The summed E-state index contributed by atoms with van der Waals surface area (Å²) in [7, 11) is 1.46. The molecule has 2 atom stereocenters. The predicted molar refractivity (Wildman–Crippen MR) is 128 cm³/mol. The van der Waals surface area contributed by atoms with Gasteiger partial charge in [-0.15, -0.1) is 0 Å². The highest BCUT2D eigenvalue weighted by atomic mass is 16.5. The SMILES string of the molecule is CCCC[C@H](NC(=O)OCC1c2ccccc2-c2ccccc21)C(=O)NC(CCOC)C(=O)O. The van der Waals surface area contributed by atoms with Gasteiger partial charge in [0.2, 0.25) is 5.91 Å². The number of aliphatic carboxylic acids is 1. The van der Waals surface area contributed by atoms with Crippen molar-refractivity contribution < 1.29 is 29.0 Å². The average molecular weight is 469 g/mol. The lowest BCUT2D eigenvalue weighted by Crippen LogP contribution is -2.52. The number of rotatable bonds is 12. The zero-order valence-electron chi connectivity index (χ0n) is 19.6. The monoisotopic (exact) mass is 468 g/mol. The fraction of sp³-hybridized carbons (Fsp3) is 0.423. The number of amides is 2. The van der Waals surface area contributed by atoms with Crippen LogP contribution >= 0.6 is 0 Å². The van der Waals surface area contributed by atoms with E-state index in [0.29, 0.717) is 12.8 Å². The summed E-state index contributed by atoms with van der Waals surface area (Å²) in [5.74, 6) is -1.79. The van der Waals surface area contributed by atoms with Crippen LogP contribution in [0.3, 0.4) is 0 Å². The van der Waals surface area contributed by atoms with E-state index in [4.69, 9.17) is 9.47 Å². The highest BCUT2D eigenvalue weighted by molar-refractivity contribution is 5.89. The molecule has 1 unspecified atom stereocenters. The van der Waals surface area contributed by atoms with Gasteiger partial charge in [0, 0.05) is 26.1 Å². The van der Waals surface area contributed by atoms with Crippen molar-refractivity contribution in [3.8, 4) is 11.1 Å². The van der Waals surface area contributed by atoms with Gasteiger partial charge in [-0.1, -0.05) is 68.3 Å². The van der Waals surface area contributed by atoms with Gasteiger partial charge in [0.05, 0.1) is 0 Å². The molecule has 0 radical (unpaired) electrons. The Bertz CT molecular complexity index is 963. The summed E-state index contributed by atoms with van der Waals surface area (Å²) in [6.45, 7) is 2.30. The molecular formula is C26H32N2O6. The molecule has 0 spiro atoms. The molecule has 1 aliphatic rings. The maximum atomic E-state index is 12.8. The zero-order chi connectivity index (χ0) is 24.5. The fourth-order valence-corrected chi connectivity index (χ4v) is 4.22. The number of benzene rings is 2. The first kappa shape index (κ1) is 25.2. The Balaban J connectivity index is 1.64. The molecular weight excluding hydrogens is 436 g/mol. The van der Waals surface area contributed by atoms with E-state index in [1.165, 1.54) is 7.11 Å². The first-order chi connectivity index (χ1) is 16.5. The van der Waals surface area contributed by atoms with Gasteiger partial charge < -0.3 is 25.2 Å². The molecule has 0 heterocycles. The summed E-state index contributed by atoms with van der Waals surface area (Å²) in [5.41, 5.74) is 4.45. The lowest BCUT2D eigenvalue weighted by molar-refractivity contribution is -0.142. The third-order valence-electron chi connectivity index (χ3n) is 6.02. The van der Waals surface area contributed by atoms with Crippen LogP contribution in [0.2, 0.25) is 0 Å². The first-order valence-corrected chi connectivity index (χ1v) is 11.6. The van der Waals surface area contributed by atoms with Gasteiger partial charge in [-0.25, -0.2) is 9.59 Å². The summed E-state index contributed by atoms with van der Waals surface area (Å²) in [4.78, 5) is 36.9. The van der Waals surface area contributed by atoms with Crippen molar-refractivity contribution in [2.24, 2.45) is 0 Å². The molecule has 2 aromatic rings. The van der Waals surface area contributed by atoms with Crippen LogP contribution in [0.5, 0.6) is 0 Å². The number of fused-ring (bicyclic) bond motifs is 3. The number of hydrogen-bond acceptors (Lipinski definition) is 5. The number of carboxylic acids is 1. The molecule has 3 rings (SSSR count). The van der Waals surface area contributed by atoms with Crippen LogP contribution in [0.25, 0.3) is 11.1 Å². The molecule has 0 fully saturated rings. The van der Waals surface area contributed by atoms with Crippen molar-refractivity contribution >= 4 is 18.0 Å². The normalized spacial score (nSPS) is 13.9. The van der Waals surface area contributed by atoms with E-state index in [0.717, 1.165) is 28.7 Å². The summed E-state index contributed by atoms with van der Waals surface area (Å²) in [6.07, 6.45) is 1.31. The average Bonchev–Trinajstić information content (AvgIpc) is 3.16. The van der Waals surface area contributed by atoms with Crippen molar-refractivity contribution in [2.75, 3.05) is 20.3 Å². The number of methoxy groups -OCH3 is 1. The van der Waals surface area contributed by atoms with Crippen molar-refractivity contribution in [1.29, 1.82) is 0 Å². The summed E-state index contributed by atoms with van der Waals surface area (Å²) in [5, 5.41) is 14.5. The second-order valence-corrected chi connectivity index (χ2v) is 8.35. The maximum Gasteiger partial charge on any atom is 0.407 e. The zero-order valence-corrected chi connectivity index (χ0v) is 19.6. The van der Waals surface area contributed by atoms with Crippen molar-refractivity contribution in [2.45, 2.75) is 50.6 Å². The number of ether oxygens (including phenoxy) is 2. The first-order valence-electron chi connectivity index (χ1n) is 11.6. The molecule has 1 aliphatic carbocycles. The van der Waals surface area contributed by atoms with E-state index < -0.39 is 30.1 Å². The Labute approximate surface area is 199 Å². The topological polar surface area (TPSA) is 114 Å². The van der Waals surface area contributed by atoms with Gasteiger partial charge in [-0.2, -0.15) is 0 Å². The van der Waals surface area contributed by atoms with Crippen LogP contribution in [0.15, 0.2) is 48.5 Å². The Morgan fingerprint density at radius 2 is 1.56 bits per heavy atom. The molecule has 0 bridgehead atoms. The van der Waals surface area contributed by atoms with Crippen LogP contribution in [0.1, 0.15) is 49.7 Å². The van der Waals surface area contributed by atoms with Gasteiger partial charge in [0.15, 0.2) is 0 Å². The third-order valence-corrected chi connectivity index (χ3v) is 6.02. The maximum absolute atomic E-state index is 12.8. The van der Waals surface area contributed by atoms with Crippen LogP contribution in [-0.2, 0) is 19.1 Å². The predicted octanol–water partition coefficient (Wildman–Crippen LogP) is 3.69. The summed E-state index contributed by atoms with van der Waals surface area (Å²) in [6, 6.07) is 14.1. The van der Waals surface area contributed by atoms with E-state index in [1.54, 1.807) is 0 Å². The summed E-state index contributed by atoms with van der Waals surface area (Å²) >= 11 is 0. The van der Waals surface area contributed by atoms with Gasteiger partial charge in [-0.05, 0) is 28.7 Å². The Kier molecular flexibility index (Phi) is 9.04. The third kappa shape index (κ3) is 6.14. The second kappa shape index (κ2) is 12.2. The second-order valence-electron chi connectivity index (χ2n) is 8.35. The van der Waals surface area contributed by atoms with Crippen LogP contribution in [0, 0.1) is 0 Å². The number of carbonyl (C=O) groups excluding carboxylic acids is 2. The molecule has 8 heteroatoms. The minimum Gasteiger partial charge on any atom is -0.480 e. The fourth-order valence-electron chi connectivity index (χ4n) is 4.22. The standard InChI is InChI=1S/C26H32N2O6/c1-3-4-13-22(24(29)27-23(25(30)31)14-15-33-2)28-26(32)34-16-21-19-11-7-5-9-17(19)18-10-6-8-12-20(18)21/h5-12,21-23H,3-4,13-16H2,1-2H3,(H,27,29)(H,28,32)(H,30,31)/t22-,23?/m0/s1. The van der Waals surface area contributed by atoms with Gasteiger partial charge in [0.25, 0.3) is 0 Å². The lowest BCUT2D eigenvalue weighted by atomic mass is 9.98. The van der Waals surface area contributed by atoms with Gasteiger partial charge in [-0.3, -0.25) is 4.79 Å². The molecule has 2 aromatic carbocycles. The number of unbranched alkanes of at least 4 members (excludes halogenated alkanes) is 1. The van der Waals surface area contributed by atoms with E-state index in [-0.39, 0.29) is 25.6 Å². The molecule has 0 aromatic heterocycles. The minimum absolute atomic E-state index is 0.0912. The largest absolute Gasteiger partial charge is 0.480 e. The molecule has 0 aliphatic heterocycles. The molecule has 182 valence electrons. The highest BCUT2D eigenvalue weighted by Gasteiger charge is 2.30. The lowest BCUT2D eigenvalue weighted by Gasteiger charge is -2.22. The van der Waals surface area contributed by atoms with Gasteiger partial charge >= 0.3 is 12.1 Å². The van der Waals surface area contributed by atoms with Crippen LogP contribution in [0.4, 0.5) is 4.79 Å². The summed E-state index contributed by atoms with van der Waals surface area (Å²) < 4.78 is 10.5. The Morgan fingerprint density at radius 1 is 0.941 bits per heavy atom. The van der Waals surface area contributed by atoms with Crippen molar-refractivity contribution in [1.82, 2.24) is 10.6 Å². The molecule has 3 N–H and O–H groups in total. The number of hydrogen-bond donors (Lipinski definition) is 3. The minimum atomic E-state index is -1.15. The van der Waals surface area contributed by atoms with Crippen molar-refractivity contribution in [3.63, 3.8) is 0 Å². The highest BCUT2D eigenvalue weighted by Crippen LogP contribution is 2.44. The van der Waals surface area contributed by atoms with Crippen molar-refractivity contribution in [3.05, 3.63) is 59.7 Å². The quantitative estimate of drug-likeness (QED) is 0.438. The number of carbonyl (C=O) groups is 3. The smallest absolute Gasteiger partial charge is 0.407 e. The van der Waals surface area contributed by atoms with E-state index in [1.807, 2.05) is 43.3 Å². The molecule has 8 nitrogen and oxygen atoms in total. The van der Waals surface area contributed by atoms with Crippen LogP contribution < -0.4 is 10.6 Å². The molecule has 34 heavy (non-hydrogen) atoms. The number of nitrogens with one attached hydrogen (secondary N) is 2. The number of carboxylic acid groups (broad SMARTS) is 1. The van der Waals surface area contributed by atoms with Gasteiger partial charge in [0.1, 0.15) is 18.7 Å². The van der Waals surface area contributed by atoms with E-state index in [2.05, 4.69) is 22.8 Å². The molecule has 0 saturated carbocycles. The van der Waals surface area contributed by atoms with E-state index in [9.17, 15) is 19.5 Å². The Morgan fingerprint density at radius 3 is 2.12 bits per heavy atom. The van der Waals surface area contributed by atoms with E-state index >= 15 is 0 Å².